The van der Waals surface area contributed by atoms with Crippen LogP contribution in [0.5, 0.6) is 5.75 Å². The number of hydrogen-bond donors (Lipinski definition) is 2. The number of benzene rings is 2. The van der Waals surface area contributed by atoms with Crippen LogP contribution in [-0.4, -0.2) is 12.3 Å². The highest BCUT2D eigenvalue weighted by atomic mass is 16.5. The van der Waals surface area contributed by atoms with Crippen molar-refractivity contribution in [3.8, 4) is 5.75 Å². The number of ether oxygens (including phenoxy) is 1. The lowest BCUT2D eigenvalue weighted by atomic mass is 10.0. The second-order valence-electron chi connectivity index (χ2n) is 6.82. The molecular weight excluding hydrogens is 312 g/mol. The lowest BCUT2D eigenvalue weighted by Crippen LogP contribution is -2.39. The number of carbonyl (C=O) groups excluding carboxylic acids is 1. The zero-order chi connectivity index (χ0) is 18.6. The summed E-state index contributed by atoms with van der Waals surface area (Å²) in [5, 5.41) is 5.77. The van der Waals surface area contributed by atoms with Crippen molar-refractivity contribution in [1.82, 2.24) is 5.32 Å². The first kappa shape index (κ1) is 18.8. The summed E-state index contributed by atoms with van der Waals surface area (Å²) in [6, 6.07) is 11.8. The molecule has 0 aliphatic heterocycles. The van der Waals surface area contributed by atoms with Crippen LogP contribution < -0.4 is 15.4 Å². The minimum atomic E-state index is -0.439. The van der Waals surface area contributed by atoms with E-state index in [4.69, 9.17) is 4.74 Å². The fourth-order valence-electron chi connectivity index (χ4n) is 3.00. The number of urea groups is 1. The van der Waals surface area contributed by atoms with Gasteiger partial charge in [0.2, 0.25) is 0 Å². The Hall–Kier alpha value is -2.49. The van der Waals surface area contributed by atoms with Crippen LogP contribution in [0.15, 0.2) is 36.4 Å². The number of aryl methyl sites for hydroxylation is 3. The molecule has 0 heterocycles. The van der Waals surface area contributed by atoms with E-state index in [9.17, 15) is 4.79 Å². The van der Waals surface area contributed by atoms with Gasteiger partial charge in [0.15, 0.2) is 6.23 Å². The van der Waals surface area contributed by atoms with Gasteiger partial charge in [-0.05, 0) is 56.4 Å². The van der Waals surface area contributed by atoms with Crippen LogP contribution in [0.4, 0.5) is 10.5 Å². The molecule has 2 amide bonds. The van der Waals surface area contributed by atoms with Gasteiger partial charge in [-0.1, -0.05) is 49.7 Å². The molecule has 0 saturated heterocycles. The van der Waals surface area contributed by atoms with Gasteiger partial charge in [0.05, 0.1) is 0 Å². The van der Waals surface area contributed by atoms with Crippen molar-refractivity contribution in [2.75, 3.05) is 5.32 Å². The predicted molar refractivity (Wildman–Crippen MR) is 103 cm³/mol. The Morgan fingerprint density at radius 2 is 1.60 bits per heavy atom. The molecule has 0 aliphatic rings. The Morgan fingerprint density at radius 3 is 2.20 bits per heavy atom. The molecule has 0 aromatic heterocycles. The molecule has 2 aromatic rings. The van der Waals surface area contributed by atoms with Crippen molar-refractivity contribution in [1.29, 1.82) is 0 Å². The third kappa shape index (κ3) is 4.99. The van der Waals surface area contributed by atoms with Crippen molar-refractivity contribution in [2.24, 2.45) is 0 Å². The van der Waals surface area contributed by atoms with Crippen LogP contribution in [0.1, 0.15) is 48.9 Å². The molecular formula is C21H28N2O2. The van der Waals surface area contributed by atoms with Crippen molar-refractivity contribution >= 4 is 11.7 Å². The molecule has 1 atom stereocenters. The van der Waals surface area contributed by atoms with Gasteiger partial charge >= 0.3 is 6.03 Å². The maximum absolute atomic E-state index is 12.3. The summed E-state index contributed by atoms with van der Waals surface area (Å²) < 4.78 is 5.92. The van der Waals surface area contributed by atoms with Gasteiger partial charge in [0.25, 0.3) is 0 Å². The first-order chi connectivity index (χ1) is 11.8. The fraction of sp³-hybridized carbons (Fsp3) is 0.381. The minimum Gasteiger partial charge on any atom is -0.471 e. The molecule has 0 aliphatic carbocycles. The second-order valence-corrected chi connectivity index (χ2v) is 6.82. The molecule has 0 bridgehead atoms. The van der Waals surface area contributed by atoms with Gasteiger partial charge in [-0.15, -0.1) is 0 Å². The molecule has 2 rings (SSSR count). The van der Waals surface area contributed by atoms with E-state index >= 15 is 0 Å². The third-order valence-corrected chi connectivity index (χ3v) is 4.09. The predicted octanol–water partition coefficient (Wildman–Crippen LogP) is 5.28. The summed E-state index contributed by atoms with van der Waals surface area (Å²) >= 11 is 0. The van der Waals surface area contributed by atoms with Crippen LogP contribution in [0.2, 0.25) is 0 Å². The molecule has 0 saturated carbocycles. The number of hydrogen-bond acceptors (Lipinski definition) is 2. The first-order valence-corrected chi connectivity index (χ1v) is 8.69. The lowest BCUT2D eigenvalue weighted by Gasteiger charge is -2.21. The van der Waals surface area contributed by atoms with Gasteiger partial charge in [0.1, 0.15) is 5.75 Å². The molecule has 134 valence electrons. The second kappa shape index (κ2) is 8.06. The highest BCUT2D eigenvalue weighted by Crippen LogP contribution is 2.26. The van der Waals surface area contributed by atoms with Crippen LogP contribution in [0.25, 0.3) is 0 Å². The van der Waals surface area contributed by atoms with E-state index in [2.05, 4.69) is 36.6 Å². The standard InChI is InChI=1S/C21H28N2O2/c1-13(2)18-9-7-8-10-19(18)25-17(6)22-21(24)23-20-15(4)11-14(3)12-16(20)5/h7-13,17H,1-6H3,(H2,22,23,24). The van der Waals surface area contributed by atoms with E-state index in [-0.39, 0.29) is 6.03 Å². The fourth-order valence-corrected chi connectivity index (χ4v) is 3.00. The maximum atomic E-state index is 12.3. The number of carbonyl (C=O) groups is 1. The molecule has 0 spiro atoms. The average Bonchev–Trinajstić information content (AvgIpc) is 2.51. The molecule has 1 unspecified atom stereocenters. The molecule has 25 heavy (non-hydrogen) atoms. The Balaban J connectivity index is 2.02. The number of para-hydroxylation sites is 1. The summed E-state index contributed by atoms with van der Waals surface area (Å²) in [6.07, 6.45) is -0.439. The SMILES string of the molecule is Cc1cc(C)c(NC(=O)NC(C)Oc2ccccc2C(C)C)c(C)c1. The molecule has 4 nitrogen and oxygen atoms in total. The highest BCUT2D eigenvalue weighted by Gasteiger charge is 2.14. The molecule has 2 N–H and O–H groups in total. The zero-order valence-corrected chi connectivity index (χ0v) is 15.9. The van der Waals surface area contributed by atoms with Gasteiger partial charge in [-0.3, -0.25) is 0 Å². The summed E-state index contributed by atoms with van der Waals surface area (Å²) in [6.45, 7) is 12.1. The Morgan fingerprint density at radius 1 is 1.00 bits per heavy atom. The summed E-state index contributed by atoms with van der Waals surface area (Å²) in [5.74, 6) is 1.16. The van der Waals surface area contributed by atoms with Crippen molar-refractivity contribution < 1.29 is 9.53 Å². The maximum Gasteiger partial charge on any atom is 0.322 e. The molecule has 4 heteroatoms. The van der Waals surface area contributed by atoms with E-state index in [1.807, 2.05) is 52.0 Å². The molecule has 0 radical (unpaired) electrons. The number of rotatable bonds is 5. The van der Waals surface area contributed by atoms with Gasteiger partial charge < -0.3 is 15.4 Å². The average molecular weight is 340 g/mol. The van der Waals surface area contributed by atoms with Crippen LogP contribution in [-0.2, 0) is 0 Å². The normalized spacial score (nSPS) is 12.0. The zero-order valence-electron chi connectivity index (χ0n) is 15.9. The Labute approximate surface area is 150 Å². The first-order valence-electron chi connectivity index (χ1n) is 8.69. The van der Waals surface area contributed by atoms with Gasteiger partial charge in [0, 0.05) is 5.69 Å². The number of amides is 2. The van der Waals surface area contributed by atoms with Crippen molar-refractivity contribution in [2.45, 2.75) is 53.7 Å². The van der Waals surface area contributed by atoms with Crippen LogP contribution in [0.3, 0.4) is 0 Å². The quantitative estimate of drug-likeness (QED) is 0.727. The smallest absolute Gasteiger partial charge is 0.322 e. The summed E-state index contributed by atoms with van der Waals surface area (Å²) in [7, 11) is 0. The lowest BCUT2D eigenvalue weighted by molar-refractivity contribution is 0.181. The van der Waals surface area contributed by atoms with E-state index < -0.39 is 6.23 Å². The number of anilines is 1. The van der Waals surface area contributed by atoms with E-state index in [1.165, 1.54) is 5.56 Å². The number of nitrogens with one attached hydrogen (secondary N) is 2. The van der Waals surface area contributed by atoms with Crippen LogP contribution in [0, 0.1) is 20.8 Å². The monoisotopic (exact) mass is 340 g/mol. The largest absolute Gasteiger partial charge is 0.471 e. The Bertz CT molecular complexity index is 730. The Kier molecular flexibility index (Phi) is 6.07. The van der Waals surface area contributed by atoms with Gasteiger partial charge in [-0.2, -0.15) is 0 Å². The van der Waals surface area contributed by atoms with Crippen molar-refractivity contribution in [3.63, 3.8) is 0 Å². The van der Waals surface area contributed by atoms with E-state index in [0.717, 1.165) is 28.1 Å². The van der Waals surface area contributed by atoms with Crippen LogP contribution >= 0.6 is 0 Å². The topological polar surface area (TPSA) is 50.4 Å². The summed E-state index contributed by atoms with van der Waals surface area (Å²) in [4.78, 5) is 12.3. The third-order valence-electron chi connectivity index (χ3n) is 4.09. The van der Waals surface area contributed by atoms with E-state index in [0.29, 0.717) is 5.92 Å². The molecule has 2 aromatic carbocycles. The highest BCUT2D eigenvalue weighted by molar-refractivity contribution is 5.91. The van der Waals surface area contributed by atoms with Gasteiger partial charge in [-0.25, -0.2) is 4.79 Å². The van der Waals surface area contributed by atoms with Crippen molar-refractivity contribution in [3.05, 3.63) is 58.7 Å². The van der Waals surface area contributed by atoms with E-state index in [1.54, 1.807) is 0 Å². The summed E-state index contributed by atoms with van der Waals surface area (Å²) in [5.41, 5.74) is 5.25. The minimum absolute atomic E-state index is 0.274. The molecule has 0 fully saturated rings.